The Morgan fingerprint density at radius 3 is 2.96 bits per heavy atom. The summed E-state index contributed by atoms with van der Waals surface area (Å²) in [5.41, 5.74) is 1.74. The Kier molecular flexibility index (Phi) is 2.89. The van der Waals surface area contributed by atoms with Gasteiger partial charge in [-0.25, -0.2) is 9.97 Å². The Morgan fingerprint density at radius 2 is 2.20 bits per heavy atom. The van der Waals surface area contributed by atoms with Crippen molar-refractivity contribution in [3.8, 4) is 11.6 Å². The Bertz CT molecular complexity index is 1000. The first kappa shape index (κ1) is 13.8. The van der Waals surface area contributed by atoms with Crippen LogP contribution in [0.25, 0.3) is 11.6 Å². The van der Waals surface area contributed by atoms with Crippen molar-refractivity contribution in [1.82, 2.24) is 44.5 Å². The average molecular weight is 334 g/mol. The molecule has 1 aliphatic rings. The highest BCUT2D eigenvalue weighted by atomic mass is 15.4. The minimum atomic E-state index is -0.00172. The van der Waals surface area contributed by atoms with Gasteiger partial charge < -0.3 is 4.90 Å². The average Bonchev–Trinajstić information content (AvgIpc) is 3.42. The smallest absolute Gasteiger partial charge is 0.237 e. The lowest BCUT2D eigenvalue weighted by Crippen LogP contribution is -2.32. The van der Waals surface area contributed by atoms with Crippen LogP contribution in [0.5, 0.6) is 0 Å². The van der Waals surface area contributed by atoms with Gasteiger partial charge in [0.25, 0.3) is 0 Å². The molecule has 1 atom stereocenters. The molecule has 25 heavy (non-hydrogen) atoms. The van der Waals surface area contributed by atoms with Gasteiger partial charge in [0.1, 0.15) is 18.3 Å². The van der Waals surface area contributed by atoms with Crippen LogP contribution >= 0.6 is 0 Å². The number of rotatable bonds is 3. The van der Waals surface area contributed by atoms with Crippen molar-refractivity contribution in [3.63, 3.8) is 0 Å². The van der Waals surface area contributed by atoms with E-state index in [1.807, 2.05) is 17.0 Å². The second-order valence-electron chi connectivity index (χ2n) is 5.66. The Hall–Kier alpha value is -3.56. The van der Waals surface area contributed by atoms with Crippen LogP contribution in [-0.2, 0) is 0 Å². The summed E-state index contributed by atoms with van der Waals surface area (Å²) < 4.78 is 3.72. The van der Waals surface area contributed by atoms with Gasteiger partial charge in [-0.2, -0.15) is 10.1 Å². The monoisotopic (exact) mass is 334 g/mol. The number of aromatic nitrogens is 9. The van der Waals surface area contributed by atoms with E-state index in [2.05, 4.69) is 42.2 Å². The molecular weight excluding hydrogens is 320 g/mol. The fraction of sp³-hybridized carbons (Fsp3) is 0.200. The topological polar surface area (TPSA) is 106 Å². The minimum absolute atomic E-state index is 0.00172. The fourth-order valence-corrected chi connectivity index (χ4v) is 3.17. The zero-order valence-electron chi connectivity index (χ0n) is 13.4. The molecule has 1 N–H and O–H groups in total. The predicted octanol–water partition coefficient (Wildman–Crippen LogP) is 1.57. The van der Waals surface area contributed by atoms with Crippen LogP contribution in [-0.4, -0.2) is 44.5 Å². The highest BCUT2D eigenvalue weighted by Crippen LogP contribution is 2.42. The molecule has 5 rings (SSSR count). The zero-order chi connectivity index (χ0) is 16.8. The van der Waals surface area contributed by atoms with Gasteiger partial charge in [0.05, 0.1) is 24.1 Å². The highest BCUT2D eigenvalue weighted by Gasteiger charge is 2.35. The van der Waals surface area contributed by atoms with E-state index in [0.717, 1.165) is 29.4 Å². The maximum Gasteiger partial charge on any atom is 0.237 e. The van der Waals surface area contributed by atoms with Gasteiger partial charge in [-0.3, -0.25) is 14.2 Å². The number of anilines is 2. The Labute approximate surface area is 142 Å². The molecule has 124 valence electrons. The van der Waals surface area contributed by atoms with Crippen LogP contribution < -0.4 is 4.90 Å². The summed E-state index contributed by atoms with van der Waals surface area (Å²) in [7, 11) is 0. The second kappa shape index (κ2) is 5.23. The van der Waals surface area contributed by atoms with Gasteiger partial charge in [-0.15, -0.1) is 10.2 Å². The minimum Gasteiger partial charge on any atom is -0.311 e. The van der Waals surface area contributed by atoms with Crippen LogP contribution in [0.3, 0.4) is 0 Å². The van der Waals surface area contributed by atoms with Gasteiger partial charge in [0.2, 0.25) is 5.95 Å². The summed E-state index contributed by atoms with van der Waals surface area (Å²) in [6, 6.07) is -0.00172. The van der Waals surface area contributed by atoms with Crippen LogP contribution in [0.4, 0.5) is 11.5 Å². The summed E-state index contributed by atoms with van der Waals surface area (Å²) in [6.45, 7) is 2.11. The van der Waals surface area contributed by atoms with Crippen molar-refractivity contribution in [2.45, 2.75) is 19.4 Å². The molecular formula is C15H14N10. The number of aromatic amines is 1. The summed E-state index contributed by atoms with van der Waals surface area (Å²) in [6.07, 6.45) is 13.1. The van der Waals surface area contributed by atoms with Crippen LogP contribution in [0, 0.1) is 0 Å². The molecule has 10 heteroatoms. The SMILES string of the molecule is CCC1c2nncn2-c2cnc(-n3ccnc3)nc2N1c1cn[nH]c1. The number of hydrogen-bond acceptors (Lipinski definition) is 7. The first-order valence-corrected chi connectivity index (χ1v) is 7.90. The van der Waals surface area contributed by atoms with E-state index in [-0.39, 0.29) is 6.04 Å². The number of H-pyrrole nitrogens is 1. The summed E-state index contributed by atoms with van der Waals surface area (Å²) in [5.74, 6) is 2.19. The third-order valence-corrected chi connectivity index (χ3v) is 4.29. The molecule has 4 aromatic rings. The summed E-state index contributed by atoms with van der Waals surface area (Å²) in [4.78, 5) is 15.4. The van der Waals surface area contributed by atoms with E-state index < -0.39 is 0 Å². The molecule has 1 aliphatic heterocycles. The number of imidazole rings is 1. The highest BCUT2D eigenvalue weighted by molar-refractivity contribution is 5.70. The van der Waals surface area contributed by atoms with Crippen LogP contribution in [0.1, 0.15) is 25.2 Å². The fourth-order valence-electron chi connectivity index (χ4n) is 3.17. The zero-order valence-corrected chi connectivity index (χ0v) is 13.4. The summed E-state index contributed by atoms with van der Waals surface area (Å²) >= 11 is 0. The largest absolute Gasteiger partial charge is 0.311 e. The maximum atomic E-state index is 4.79. The molecule has 0 saturated carbocycles. The number of hydrogen-bond donors (Lipinski definition) is 1. The molecule has 10 nitrogen and oxygen atoms in total. The van der Waals surface area contributed by atoms with Crippen molar-refractivity contribution >= 4 is 11.5 Å². The van der Waals surface area contributed by atoms with E-state index >= 15 is 0 Å². The molecule has 0 saturated heterocycles. The first-order chi connectivity index (χ1) is 12.4. The maximum absolute atomic E-state index is 4.79. The van der Waals surface area contributed by atoms with Gasteiger partial charge in [0.15, 0.2) is 11.6 Å². The molecule has 0 radical (unpaired) electrons. The predicted molar refractivity (Wildman–Crippen MR) is 87.8 cm³/mol. The van der Waals surface area contributed by atoms with Gasteiger partial charge in [-0.05, 0) is 6.42 Å². The number of nitrogens with zero attached hydrogens (tertiary/aromatic N) is 9. The van der Waals surface area contributed by atoms with E-state index in [1.54, 1.807) is 35.8 Å². The van der Waals surface area contributed by atoms with E-state index in [0.29, 0.717) is 5.95 Å². The lowest BCUT2D eigenvalue weighted by Gasteiger charge is -2.35. The quantitative estimate of drug-likeness (QED) is 0.606. The van der Waals surface area contributed by atoms with Crippen molar-refractivity contribution in [3.05, 3.63) is 49.5 Å². The van der Waals surface area contributed by atoms with Crippen LogP contribution in [0.2, 0.25) is 0 Å². The van der Waals surface area contributed by atoms with Gasteiger partial charge in [0, 0.05) is 18.6 Å². The molecule has 0 aromatic carbocycles. The van der Waals surface area contributed by atoms with E-state index in [1.165, 1.54) is 0 Å². The first-order valence-electron chi connectivity index (χ1n) is 7.90. The van der Waals surface area contributed by atoms with E-state index in [9.17, 15) is 0 Å². The molecule has 0 fully saturated rings. The third kappa shape index (κ3) is 1.97. The van der Waals surface area contributed by atoms with Crippen molar-refractivity contribution in [2.24, 2.45) is 0 Å². The third-order valence-electron chi connectivity index (χ3n) is 4.29. The second-order valence-corrected chi connectivity index (χ2v) is 5.66. The van der Waals surface area contributed by atoms with Gasteiger partial charge in [-0.1, -0.05) is 6.92 Å². The number of fused-ring (bicyclic) bond motifs is 3. The molecule has 0 spiro atoms. The van der Waals surface area contributed by atoms with Crippen molar-refractivity contribution in [1.29, 1.82) is 0 Å². The molecule has 4 aromatic heterocycles. The Balaban J connectivity index is 1.77. The molecule has 0 bridgehead atoms. The van der Waals surface area contributed by atoms with Gasteiger partial charge >= 0.3 is 0 Å². The molecule has 5 heterocycles. The lowest BCUT2D eigenvalue weighted by atomic mass is 10.1. The lowest BCUT2D eigenvalue weighted by molar-refractivity contribution is 0.588. The van der Waals surface area contributed by atoms with Crippen LogP contribution in [0.15, 0.2) is 43.6 Å². The summed E-state index contributed by atoms with van der Waals surface area (Å²) in [5, 5.41) is 15.3. The molecule has 0 amide bonds. The molecule has 1 unspecified atom stereocenters. The molecule has 0 aliphatic carbocycles. The standard InChI is InChI=1S/C15H14N10/c1-2-11-14-22-20-9-24(14)12-7-17-15(23-4-3-16-8-23)21-13(12)25(11)10-5-18-19-6-10/h3-9,11H,2H2,1H3,(H,18,19). The Morgan fingerprint density at radius 1 is 1.24 bits per heavy atom. The number of nitrogens with one attached hydrogen (secondary N) is 1. The van der Waals surface area contributed by atoms with E-state index in [4.69, 9.17) is 4.98 Å². The van der Waals surface area contributed by atoms with Crippen molar-refractivity contribution in [2.75, 3.05) is 4.90 Å². The normalized spacial score (nSPS) is 15.9. The van der Waals surface area contributed by atoms with Crippen molar-refractivity contribution < 1.29 is 0 Å².